The first-order chi connectivity index (χ1) is 7.69. The molecule has 4 heteroatoms. The van der Waals surface area contributed by atoms with Crippen LogP contribution in [0.25, 0.3) is 0 Å². The third kappa shape index (κ3) is 3.38. The number of anilines is 2. The number of nitrogens with zero attached hydrogens (tertiary/aromatic N) is 2. The highest BCUT2D eigenvalue weighted by molar-refractivity contribution is 5.48. The zero-order valence-corrected chi connectivity index (χ0v) is 10.3. The van der Waals surface area contributed by atoms with Crippen LogP contribution in [0.2, 0.25) is 0 Å². The van der Waals surface area contributed by atoms with Crippen LogP contribution in [-0.2, 0) is 4.74 Å². The average Bonchev–Trinajstić information content (AvgIpc) is 2.31. The summed E-state index contributed by atoms with van der Waals surface area (Å²) in [6.07, 6.45) is 2.91. The van der Waals surface area contributed by atoms with Crippen molar-refractivity contribution in [3.8, 4) is 0 Å². The number of nitrogen functional groups attached to an aromatic ring is 1. The predicted molar refractivity (Wildman–Crippen MR) is 67.6 cm³/mol. The maximum Gasteiger partial charge on any atom is 0.123 e. The fourth-order valence-electron chi connectivity index (χ4n) is 1.58. The normalized spacial score (nSPS) is 12.4. The third-order valence-electron chi connectivity index (χ3n) is 2.76. The Bertz CT molecular complexity index is 300. The van der Waals surface area contributed by atoms with Gasteiger partial charge in [-0.05, 0) is 25.5 Å². The van der Waals surface area contributed by atoms with Gasteiger partial charge in [0.15, 0.2) is 0 Å². The molecule has 1 aromatic rings. The van der Waals surface area contributed by atoms with E-state index < -0.39 is 0 Å². The van der Waals surface area contributed by atoms with Crippen LogP contribution < -0.4 is 10.6 Å². The smallest absolute Gasteiger partial charge is 0.123 e. The number of rotatable bonds is 6. The van der Waals surface area contributed by atoms with Crippen molar-refractivity contribution in [1.29, 1.82) is 0 Å². The van der Waals surface area contributed by atoms with Gasteiger partial charge in [0.2, 0.25) is 0 Å². The summed E-state index contributed by atoms with van der Waals surface area (Å²) in [5, 5.41) is 0. The molecule has 0 aliphatic heterocycles. The van der Waals surface area contributed by atoms with Crippen LogP contribution in [-0.4, -0.2) is 31.3 Å². The summed E-state index contributed by atoms with van der Waals surface area (Å²) in [4.78, 5) is 6.41. The number of ether oxygens (including phenoxy) is 1. The molecule has 0 bridgehead atoms. The minimum Gasteiger partial charge on any atom is -0.384 e. The van der Waals surface area contributed by atoms with E-state index in [0.29, 0.717) is 18.5 Å². The van der Waals surface area contributed by atoms with Crippen molar-refractivity contribution in [2.75, 3.05) is 30.9 Å². The van der Waals surface area contributed by atoms with Crippen LogP contribution in [0.5, 0.6) is 0 Å². The van der Waals surface area contributed by atoms with Crippen LogP contribution in [0, 0.1) is 0 Å². The van der Waals surface area contributed by atoms with Gasteiger partial charge >= 0.3 is 0 Å². The Morgan fingerprint density at radius 3 is 2.75 bits per heavy atom. The number of hydrogen-bond acceptors (Lipinski definition) is 4. The summed E-state index contributed by atoms with van der Waals surface area (Å²) >= 11 is 0. The molecule has 4 nitrogen and oxygen atoms in total. The standard InChI is InChI=1S/C12H21N3O/c1-4-10(2)15(7-8-16-3)11-5-6-12(13)14-9-11/h5-6,9-10H,4,7-8H2,1-3H3,(H2,13,14). The number of hydrogen-bond donors (Lipinski definition) is 1. The highest BCUT2D eigenvalue weighted by Gasteiger charge is 2.12. The van der Waals surface area contributed by atoms with E-state index >= 15 is 0 Å². The molecule has 0 radical (unpaired) electrons. The van der Waals surface area contributed by atoms with Gasteiger partial charge in [-0.2, -0.15) is 0 Å². The van der Waals surface area contributed by atoms with Crippen LogP contribution in [0.3, 0.4) is 0 Å². The third-order valence-corrected chi connectivity index (χ3v) is 2.76. The van der Waals surface area contributed by atoms with Crippen molar-refractivity contribution in [3.63, 3.8) is 0 Å². The molecule has 0 fully saturated rings. The van der Waals surface area contributed by atoms with Crippen molar-refractivity contribution in [2.45, 2.75) is 26.3 Å². The Kier molecular flexibility index (Phi) is 5.05. The summed E-state index contributed by atoms with van der Waals surface area (Å²) in [6.45, 7) is 5.97. The van der Waals surface area contributed by atoms with Crippen molar-refractivity contribution in [3.05, 3.63) is 18.3 Å². The summed E-state index contributed by atoms with van der Waals surface area (Å²) in [5.74, 6) is 0.555. The highest BCUT2D eigenvalue weighted by Crippen LogP contribution is 2.18. The molecule has 1 aromatic heterocycles. The molecular formula is C12H21N3O. The molecule has 90 valence electrons. The highest BCUT2D eigenvalue weighted by atomic mass is 16.5. The Morgan fingerprint density at radius 1 is 1.50 bits per heavy atom. The zero-order valence-electron chi connectivity index (χ0n) is 10.3. The summed E-state index contributed by atoms with van der Waals surface area (Å²) < 4.78 is 5.13. The molecule has 0 spiro atoms. The van der Waals surface area contributed by atoms with Crippen molar-refractivity contribution < 1.29 is 4.74 Å². The van der Waals surface area contributed by atoms with Gasteiger partial charge in [-0.25, -0.2) is 4.98 Å². The van der Waals surface area contributed by atoms with Gasteiger partial charge in [-0.3, -0.25) is 0 Å². The van der Waals surface area contributed by atoms with E-state index in [1.54, 1.807) is 7.11 Å². The quantitative estimate of drug-likeness (QED) is 0.800. The monoisotopic (exact) mass is 223 g/mol. The zero-order chi connectivity index (χ0) is 12.0. The van der Waals surface area contributed by atoms with E-state index in [9.17, 15) is 0 Å². The summed E-state index contributed by atoms with van der Waals surface area (Å²) in [6, 6.07) is 4.31. The Hall–Kier alpha value is -1.29. The fraction of sp³-hybridized carbons (Fsp3) is 0.583. The second-order valence-electron chi connectivity index (χ2n) is 3.88. The molecule has 1 heterocycles. The molecule has 0 aliphatic carbocycles. The first kappa shape index (κ1) is 12.8. The first-order valence-electron chi connectivity index (χ1n) is 5.66. The van der Waals surface area contributed by atoms with E-state index in [4.69, 9.17) is 10.5 Å². The Balaban J connectivity index is 2.78. The molecular weight excluding hydrogens is 202 g/mol. The number of aromatic nitrogens is 1. The van der Waals surface area contributed by atoms with Crippen LogP contribution >= 0.6 is 0 Å². The molecule has 0 amide bonds. The maximum atomic E-state index is 5.58. The van der Waals surface area contributed by atoms with E-state index in [-0.39, 0.29) is 0 Å². The molecule has 16 heavy (non-hydrogen) atoms. The van der Waals surface area contributed by atoms with Crippen LogP contribution in [0.4, 0.5) is 11.5 Å². The van der Waals surface area contributed by atoms with Gasteiger partial charge in [0.25, 0.3) is 0 Å². The van der Waals surface area contributed by atoms with Gasteiger partial charge in [-0.1, -0.05) is 6.92 Å². The largest absolute Gasteiger partial charge is 0.384 e. The first-order valence-corrected chi connectivity index (χ1v) is 5.66. The van der Waals surface area contributed by atoms with E-state index in [1.165, 1.54) is 0 Å². The van der Waals surface area contributed by atoms with Gasteiger partial charge < -0.3 is 15.4 Å². The van der Waals surface area contributed by atoms with Gasteiger partial charge in [0, 0.05) is 19.7 Å². The molecule has 1 unspecified atom stereocenters. The predicted octanol–water partition coefficient (Wildman–Crippen LogP) is 1.92. The lowest BCUT2D eigenvalue weighted by Gasteiger charge is -2.30. The minimum absolute atomic E-state index is 0.473. The van der Waals surface area contributed by atoms with Crippen molar-refractivity contribution in [1.82, 2.24) is 4.98 Å². The molecule has 0 aliphatic rings. The van der Waals surface area contributed by atoms with Gasteiger partial charge in [0.05, 0.1) is 18.5 Å². The van der Waals surface area contributed by atoms with E-state index in [2.05, 4.69) is 23.7 Å². The van der Waals surface area contributed by atoms with Crippen LogP contribution in [0.1, 0.15) is 20.3 Å². The SMILES string of the molecule is CCC(C)N(CCOC)c1ccc(N)nc1. The molecule has 1 atom stereocenters. The lowest BCUT2D eigenvalue weighted by Crippen LogP contribution is -2.35. The lowest BCUT2D eigenvalue weighted by molar-refractivity contribution is 0.203. The minimum atomic E-state index is 0.473. The number of nitrogens with two attached hydrogens (primary N) is 1. The Morgan fingerprint density at radius 2 is 2.25 bits per heavy atom. The molecule has 0 aromatic carbocycles. The maximum absolute atomic E-state index is 5.58. The van der Waals surface area contributed by atoms with Gasteiger partial charge in [-0.15, -0.1) is 0 Å². The summed E-state index contributed by atoms with van der Waals surface area (Å²) in [7, 11) is 1.72. The molecule has 1 rings (SSSR count). The summed E-state index contributed by atoms with van der Waals surface area (Å²) in [5.41, 5.74) is 6.68. The topological polar surface area (TPSA) is 51.4 Å². The fourth-order valence-corrected chi connectivity index (χ4v) is 1.58. The molecule has 2 N–H and O–H groups in total. The lowest BCUT2D eigenvalue weighted by atomic mass is 10.2. The van der Waals surface area contributed by atoms with E-state index in [1.807, 2.05) is 18.3 Å². The molecule has 0 saturated carbocycles. The second kappa shape index (κ2) is 6.33. The average molecular weight is 223 g/mol. The van der Waals surface area contributed by atoms with Crippen molar-refractivity contribution in [2.24, 2.45) is 0 Å². The number of pyridine rings is 1. The molecule has 0 saturated heterocycles. The second-order valence-corrected chi connectivity index (χ2v) is 3.88. The van der Waals surface area contributed by atoms with E-state index in [0.717, 1.165) is 18.7 Å². The van der Waals surface area contributed by atoms with Gasteiger partial charge in [0.1, 0.15) is 5.82 Å². The van der Waals surface area contributed by atoms with Crippen molar-refractivity contribution >= 4 is 11.5 Å². The Labute approximate surface area is 97.4 Å². The number of methoxy groups -OCH3 is 1. The van der Waals surface area contributed by atoms with Crippen LogP contribution in [0.15, 0.2) is 18.3 Å².